The van der Waals surface area contributed by atoms with E-state index in [9.17, 15) is 0 Å². The van der Waals surface area contributed by atoms with Crippen LogP contribution in [0.1, 0.15) is 26.2 Å². The highest BCUT2D eigenvalue weighted by molar-refractivity contribution is 4.98. The average Bonchev–Trinajstić information content (AvgIpc) is 2.86. The first-order valence-corrected chi connectivity index (χ1v) is 5.58. The van der Waals surface area contributed by atoms with E-state index < -0.39 is 0 Å². The zero-order chi connectivity index (χ0) is 10.5. The smallest absolute Gasteiger partial charge is 0.137 e. The Morgan fingerprint density at radius 1 is 1.47 bits per heavy atom. The number of rotatable bonds is 5. The quantitative estimate of drug-likeness (QED) is 0.740. The third-order valence-corrected chi connectivity index (χ3v) is 2.79. The molecule has 1 aromatic rings. The zero-order valence-electron chi connectivity index (χ0n) is 9.13. The lowest BCUT2D eigenvalue weighted by molar-refractivity contribution is 0.410. The van der Waals surface area contributed by atoms with E-state index in [4.69, 9.17) is 0 Å². The van der Waals surface area contributed by atoms with E-state index in [1.165, 1.54) is 12.8 Å². The van der Waals surface area contributed by atoms with Crippen LogP contribution in [-0.4, -0.2) is 26.8 Å². The summed E-state index contributed by atoms with van der Waals surface area (Å²) in [6, 6.07) is 1.19. The van der Waals surface area contributed by atoms with E-state index >= 15 is 0 Å². The van der Waals surface area contributed by atoms with Crippen LogP contribution in [0, 0.1) is 0 Å². The molecule has 0 bridgehead atoms. The van der Waals surface area contributed by atoms with Crippen LogP contribution >= 0.6 is 0 Å². The summed E-state index contributed by atoms with van der Waals surface area (Å²) in [7, 11) is 0. The summed E-state index contributed by atoms with van der Waals surface area (Å²) in [4.78, 5) is 3.92. The molecule has 1 atom stereocenters. The Morgan fingerprint density at radius 2 is 2.27 bits per heavy atom. The topological polar surface area (TPSA) is 42.7 Å². The fourth-order valence-corrected chi connectivity index (χ4v) is 1.91. The van der Waals surface area contributed by atoms with Gasteiger partial charge in [-0.25, -0.2) is 4.98 Å². The van der Waals surface area contributed by atoms with Crippen molar-refractivity contribution in [1.29, 1.82) is 0 Å². The fourth-order valence-electron chi connectivity index (χ4n) is 1.91. The van der Waals surface area contributed by atoms with Gasteiger partial charge < -0.3 is 5.32 Å². The third-order valence-electron chi connectivity index (χ3n) is 2.79. The van der Waals surface area contributed by atoms with E-state index in [1.54, 1.807) is 12.7 Å². The first kappa shape index (κ1) is 10.4. The van der Waals surface area contributed by atoms with Crippen molar-refractivity contribution in [3.63, 3.8) is 0 Å². The maximum Gasteiger partial charge on any atom is 0.137 e. The fraction of sp³-hybridized carbons (Fsp3) is 0.636. The second-order valence-corrected chi connectivity index (χ2v) is 4.15. The minimum atomic E-state index is 0.541. The SMILES string of the molecule is CC(CCn1cncn1)NC1CC=CC1. The van der Waals surface area contributed by atoms with Gasteiger partial charge in [0.1, 0.15) is 12.7 Å². The number of hydrogen-bond acceptors (Lipinski definition) is 3. The van der Waals surface area contributed by atoms with Crippen LogP contribution in [0.25, 0.3) is 0 Å². The molecule has 0 amide bonds. The first-order valence-electron chi connectivity index (χ1n) is 5.58. The zero-order valence-corrected chi connectivity index (χ0v) is 9.13. The molecule has 0 radical (unpaired) electrons. The Bertz CT molecular complexity index is 296. The first-order chi connectivity index (χ1) is 7.34. The highest BCUT2D eigenvalue weighted by Crippen LogP contribution is 2.10. The summed E-state index contributed by atoms with van der Waals surface area (Å²) in [6.07, 6.45) is 11.3. The molecule has 1 aliphatic rings. The van der Waals surface area contributed by atoms with Gasteiger partial charge in [0, 0.05) is 18.6 Å². The van der Waals surface area contributed by atoms with Crippen LogP contribution in [0.3, 0.4) is 0 Å². The van der Waals surface area contributed by atoms with Crippen LogP contribution in [0.15, 0.2) is 24.8 Å². The predicted molar refractivity (Wildman–Crippen MR) is 59.4 cm³/mol. The summed E-state index contributed by atoms with van der Waals surface area (Å²) in [5.74, 6) is 0. The van der Waals surface area contributed by atoms with Crippen molar-refractivity contribution in [2.75, 3.05) is 0 Å². The molecule has 4 nitrogen and oxygen atoms in total. The summed E-state index contributed by atoms with van der Waals surface area (Å²) >= 11 is 0. The van der Waals surface area contributed by atoms with E-state index in [0.717, 1.165) is 13.0 Å². The van der Waals surface area contributed by atoms with Gasteiger partial charge in [0.25, 0.3) is 0 Å². The molecule has 1 unspecified atom stereocenters. The van der Waals surface area contributed by atoms with Gasteiger partial charge in [0.05, 0.1) is 0 Å². The van der Waals surface area contributed by atoms with Gasteiger partial charge in [-0.2, -0.15) is 5.10 Å². The molecule has 1 heterocycles. The molecule has 4 heteroatoms. The molecule has 1 aliphatic carbocycles. The molecule has 15 heavy (non-hydrogen) atoms. The summed E-state index contributed by atoms with van der Waals surface area (Å²) < 4.78 is 1.88. The summed E-state index contributed by atoms with van der Waals surface area (Å²) in [5, 5.41) is 7.70. The molecule has 1 aromatic heterocycles. The maximum absolute atomic E-state index is 4.09. The van der Waals surface area contributed by atoms with Crippen LogP contribution in [0.5, 0.6) is 0 Å². The molecule has 0 aliphatic heterocycles. The standard InChI is InChI=1S/C11H18N4/c1-10(14-11-4-2-3-5-11)6-7-15-9-12-8-13-15/h2-3,8-11,14H,4-7H2,1H3. The van der Waals surface area contributed by atoms with E-state index in [2.05, 4.69) is 34.5 Å². The second-order valence-electron chi connectivity index (χ2n) is 4.15. The van der Waals surface area contributed by atoms with Crippen molar-refractivity contribution >= 4 is 0 Å². The molecule has 82 valence electrons. The minimum Gasteiger partial charge on any atom is -0.311 e. The Kier molecular flexibility index (Phi) is 3.50. The lowest BCUT2D eigenvalue weighted by Gasteiger charge is -2.18. The van der Waals surface area contributed by atoms with E-state index in [1.807, 2.05) is 4.68 Å². The van der Waals surface area contributed by atoms with Gasteiger partial charge in [-0.05, 0) is 26.2 Å². The number of nitrogens with one attached hydrogen (secondary N) is 1. The van der Waals surface area contributed by atoms with Crippen molar-refractivity contribution in [1.82, 2.24) is 20.1 Å². The molecule has 0 saturated heterocycles. The minimum absolute atomic E-state index is 0.541. The Balaban J connectivity index is 1.66. The molecule has 0 fully saturated rings. The molecular weight excluding hydrogens is 188 g/mol. The third kappa shape index (κ3) is 3.16. The summed E-state index contributed by atoms with van der Waals surface area (Å²) in [6.45, 7) is 3.17. The Morgan fingerprint density at radius 3 is 2.93 bits per heavy atom. The van der Waals surface area contributed by atoms with Crippen LogP contribution in [-0.2, 0) is 6.54 Å². The second kappa shape index (κ2) is 5.07. The molecule has 0 saturated carbocycles. The lowest BCUT2D eigenvalue weighted by atomic mass is 10.1. The Hall–Kier alpha value is -1.16. The lowest BCUT2D eigenvalue weighted by Crippen LogP contribution is -2.35. The van der Waals surface area contributed by atoms with Crippen molar-refractivity contribution in [2.24, 2.45) is 0 Å². The highest BCUT2D eigenvalue weighted by Gasteiger charge is 2.12. The molecular formula is C11H18N4. The molecule has 0 spiro atoms. The van der Waals surface area contributed by atoms with Crippen LogP contribution in [0.4, 0.5) is 0 Å². The number of hydrogen-bond donors (Lipinski definition) is 1. The van der Waals surface area contributed by atoms with Crippen LogP contribution < -0.4 is 5.32 Å². The molecule has 1 N–H and O–H groups in total. The van der Waals surface area contributed by atoms with Gasteiger partial charge in [0.2, 0.25) is 0 Å². The largest absolute Gasteiger partial charge is 0.311 e. The molecule has 0 aromatic carbocycles. The number of aromatic nitrogens is 3. The van der Waals surface area contributed by atoms with Crippen molar-refractivity contribution in [3.8, 4) is 0 Å². The van der Waals surface area contributed by atoms with Gasteiger partial charge in [0.15, 0.2) is 0 Å². The van der Waals surface area contributed by atoms with Crippen molar-refractivity contribution in [2.45, 2.75) is 44.8 Å². The van der Waals surface area contributed by atoms with Crippen LogP contribution in [0.2, 0.25) is 0 Å². The van der Waals surface area contributed by atoms with Gasteiger partial charge in [-0.3, -0.25) is 4.68 Å². The highest BCUT2D eigenvalue weighted by atomic mass is 15.3. The van der Waals surface area contributed by atoms with E-state index in [-0.39, 0.29) is 0 Å². The van der Waals surface area contributed by atoms with E-state index in [0.29, 0.717) is 12.1 Å². The normalized spacial score (nSPS) is 18.5. The van der Waals surface area contributed by atoms with Gasteiger partial charge in [-0.1, -0.05) is 12.2 Å². The van der Waals surface area contributed by atoms with Crippen molar-refractivity contribution in [3.05, 3.63) is 24.8 Å². The average molecular weight is 206 g/mol. The Labute approximate surface area is 90.4 Å². The monoisotopic (exact) mass is 206 g/mol. The maximum atomic E-state index is 4.09. The molecule has 2 rings (SSSR count). The van der Waals surface area contributed by atoms with Gasteiger partial charge in [-0.15, -0.1) is 0 Å². The number of aryl methyl sites for hydroxylation is 1. The summed E-state index contributed by atoms with van der Waals surface area (Å²) in [5.41, 5.74) is 0. The predicted octanol–water partition coefficient (Wildman–Crippen LogP) is 1.36. The number of nitrogens with zero attached hydrogens (tertiary/aromatic N) is 3. The van der Waals surface area contributed by atoms with Gasteiger partial charge >= 0.3 is 0 Å². The van der Waals surface area contributed by atoms with Crippen molar-refractivity contribution < 1.29 is 0 Å².